The zero-order valence-electron chi connectivity index (χ0n) is 8.22. The highest BCUT2D eigenvalue weighted by Crippen LogP contribution is 2.09. The van der Waals surface area contributed by atoms with E-state index in [1.807, 2.05) is 13.8 Å². The first-order chi connectivity index (χ1) is 6.02. The summed E-state index contributed by atoms with van der Waals surface area (Å²) in [5.74, 6) is 0.291. The van der Waals surface area contributed by atoms with E-state index in [0.29, 0.717) is 17.2 Å². The maximum Gasteiger partial charge on any atom is 0.274 e. The molecule has 1 heterocycles. The molecule has 0 aromatic carbocycles. The van der Waals surface area contributed by atoms with E-state index >= 15 is 0 Å². The minimum absolute atomic E-state index is 0.154. The van der Waals surface area contributed by atoms with E-state index in [9.17, 15) is 4.79 Å². The Morgan fingerprint density at radius 2 is 2.23 bits per heavy atom. The summed E-state index contributed by atoms with van der Waals surface area (Å²) in [5, 5.41) is 0. The van der Waals surface area contributed by atoms with Gasteiger partial charge in [-0.15, -0.1) is 0 Å². The van der Waals surface area contributed by atoms with Gasteiger partial charge in [-0.2, -0.15) is 0 Å². The van der Waals surface area contributed by atoms with Gasteiger partial charge in [-0.3, -0.25) is 4.79 Å². The normalized spacial score (nSPS) is 10.5. The number of aromatic nitrogens is 2. The van der Waals surface area contributed by atoms with Crippen LogP contribution in [0.5, 0.6) is 0 Å². The summed E-state index contributed by atoms with van der Waals surface area (Å²) in [7, 11) is 0. The van der Waals surface area contributed by atoms with E-state index in [-0.39, 0.29) is 5.56 Å². The zero-order chi connectivity index (χ0) is 10.0. The van der Waals surface area contributed by atoms with Gasteiger partial charge in [0.2, 0.25) is 0 Å². The molecule has 1 N–H and O–H groups in total. The summed E-state index contributed by atoms with van der Waals surface area (Å²) in [6, 6.07) is 0. The monoisotopic (exact) mass is 178 g/mol. The maximum absolute atomic E-state index is 11.4. The van der Waals surface area contributed by atoms with Crippen molar-refractivity contribution in [3.8, 4) is 0 Å². The molecule has 0 saturated carbocycles. The molecule has 13 heavy (non-hydrogen) atoms. The van der Waals surface area contributed by atoms with E-state index in [1.54, 1.807) is 13.1 Å². The quantitative estimate of drug-likeness (QED) is 0.752. The van der Waals surface area contributed by atoms with Crippen molar-refractivity contribution in [1.82, 2.24) is 9.97 Å². The van der Waals surface area contributed by atoms with Crippen LogP contribution in [0.1, 0.15) is 38.1 Å². The zero-order valence-corrected chi connectivity index (χ0v) is 8.22. The molecule has 0 aliphatic carbocycles. The summed E-state index contributed by atoms with van der Waals surface area (Å²) in [6.45, 7) is 9.46. The second-order valence-electron chi connectivity index (χ2n) is 3.45. The minimum atomic E-state index is -0.154. The fourth-order valence-corrected chi connectivity index (χ4v) is 1.01. The predicted molar refractivity (Wildman–Crippen MR) is 53.7 cm³/mol. The Morgan fingerprint density at radius 1 is 1.62 bits per heavy atom. The molecular weight excluding hydrogens is 164 g/mol. The molecule has 0 saturated heterocycles. The fourth-order valence-electron chi connectivity index (χ4n) is 1.01. The molecule has 3 nitrogen and oxygen atoms in total. The van der Waals surface area contributed by atoms with Gasteiger partial charge in [0, 0.05) is 11.9 Å². The summed E-state index contributed by atoms with van der Waals surface area (Å²) in [5.41, 5.74) is 1.81. The molecule has 1 aromatic rings. The topological polar surface area (TPSA) is 45.8 Å². The average molecular weight is 178 g/mol. The highest BCUT2D eigenvalue weighted by Gasteiger charge is 2.05. The van der Waals surface area contributed by atoms with Crippen LogP contribution in [0.2, 0.25) is 0 Å². The third-order valence-electron chi connectivity index (χ3n) is 1.83. The van der Waals surface area contributed by atoms with Crippen LogP contribution >= 0.6 is 0 Å². The SMILES string of the molecule is C=C(C)c1ncc(C(C)C)[nH]c1=O. The molecule has 0 spiro atoms. The molecule has 0 bridgehead atoms. The Morgan fingerprint density at radius 3 is 2.62 bits per heavy atom. The van der Waals surface area contributed by atoms with E-state index < -0.39 is 0 Å². The molecule has 1 rings (SSSR count). The van der Waals surface area contributed by atoms with Crippen LogP contribution in [-0.2, 0) is 0 Å². The van der Waals surface area contributed by atoms with Gasteiger partial charge < -0.3 is 4.98 Å². The van der Waals surface area contributed by atoms with E-state index in [2.05, 4.69) is 16.5 Å². The first-order valence-corrected chi connectivity index (χ1v) is 4.27. The molecule has 3 heteroatoms. The fraction of sp³-hybridized carbons (Fsp3) is 0.400. The summed E-state index contributed by atoms with van der Waals surface area (Å²) < 4.78 is 0. The van der Waals surface area contributed by atoms with Crippen LogP contribution in [0.25, 0.3) is 5.57 Å². The lowest BCUT2D eigenvalue weighted by Crippen LogP contribution is -2.16. The summed E-state index contributed by atoms with van der Waals surface area (Å²) >= 11 is 0. The minimum Gasteiger partial charge on any atom is -0.323 e. The number of nitrogens with one attached hydrogen (secondary N) is 1. The van der Waals surface area contributed by atoms with Crippen molar-refractivity contribution in [2.75, 3.05) is 0 Å². The first kappa shape index (κ1) is 9.71. The smallest absolute Gasteiger partial charge is 0.274 e. The number of aromatic amines is 1. The average Bonchev–Trinajstić information content (AvgIpc) is 2.03. The number of rotatable bonds is 2. The first-order valence-electron chi connectivity index (χ1n) is 4.27. The Balaban J connectivity index is 3.21. The molecule has 0 aliphatic rings. The second-order valence-corrected chi connectivity index (χ2v) is 3.45. The van der Waals surface area contributed by atoms with Crippen molar-refractivity contribution in [2.45, 2.75) is 26.7 Å². The molecular formula is C10H14N2O. The van der Waals surface area contributed by atoms with Crippen LogP contribution < -0.4 is 5.56 Å². The highest BCUT2D eigenvalue weighted by atomic mass is 16.1. The van der Waals surface area contributed by atoms with Gasteiger partial charge in [0.05, 0.1) is 0 Å². The number of allylic oxidation sites excluding steroid dienone is 1. The molecule has 0 amide bonds. The lowest BCUT2D eigenvalue weighted by atomic mass is 10.1. The number of H-pyrrole nitrogens is 1. The van der Waals surface area contributed by atoms with Crippen LogP contribution in [0, 0.1) is 0 Å². The number of hydrogen-bond acceptors (Lipinski definition) is 2. The van der Waals surface area contributed by atoms with Crippen LogP contribution in [0.15, 0.2) is 17.6 Å². The molecule has 70 valence electrons. The van der Waals surface area contributed by atoms with Gasteiger partial charge in [-0.05, 0) is 18.4 Å². The largest absolute Gasteiger partial charge is 0.323 e. The molecule has 1 aromatic heterocycles. The van der Waals surface area contributed by atoms with E-state index in [4.69, 9.17) is 0 Å². The molecule has 0 radical (unpaired) electrons. The van der Waals surface area contributed by atoms with Crippen LogP contribution in [0.3, 0.4) is 0 Å². The van der Waals surface area contributed by atoms with Crippen molar-refractivity contribution >= 4 is 5.57 Å². The molecule has 0 unspecified atom stereocenters. The van der Waals surface area contributed by atoms with E-state index in [0.717, 1.165) is 5.69 Å². The van der Waals surface area contributed by atoms with Crippen molar-refractivity contribution in [2.24, 2.45) is 0 Å². The van der Waals surface area contributed by atoms with Gasteiger partial charge in [0.25, 0.3) is 5.56 Å². The second kappa shape index (κ2) is 3.56. The molecule has 0 aliphatic heterocycles. The van der Waals surface area contributed by atoms with Crippen molar-refractivity contribution in [3.05, 3.63) is 34.5 Å². The Labute approximate surface area is 77.5 Å². The maximum atomic E-state index is 11.4. The van der Waals surface area contributed by atoms with Gasteiger partial charge in [-0.25, -0.2) is 4.98 Å². The van der Waals surface area contributed by atoms with Gasteiger partial charge in [0.1, 0.15) is 5.69 Å². The highest BCUT2D eigenvalue weighted by molar-refractivity contribution is 5.56. The number of hydrogen-bond donors (Lipinski definition) is 1. The lowest BCUT2D eigenvalue weighted by molar-refractivity contribution is 0.801. The third kappa shape index (κ3) is 2.05. The molecule has 0 atom stereocenters. The number of nitrogens with zero attached hydrogens (tertiary/aromatic N) is 1. The van der Waals surface area contributed by atoms with Crippen molar-refractivity contribution in [1.29, 1.82) is 0 Å². The standard InChI is InChI=1S/C10H14N2O/c1-6(2)8-5-11-9(7(3)4)10(13)12-8/h5-6H,3H2,1-2,4H3,(H,12,13). The van der Waals surface area contributed by atoms with Gasteiger partial charge in [0.15, 0.2) is 0 Å². The third-order valence-corrected chi connectivity index (χ3v) is 1.83. The van der Waals surface area contributed by atoms with Crippen molar-refractivity contribution in [3.63, 3.8) is 0 Å². The van der Waals surface area contributed by atoms with Crippen molar-refractivity contribution < 1.29 is 0 Å². The van der Waals surface area contributed by atoms with Crippen LogP contribution in [-0.4, -0.2) is 9.97 Å². The van der Waals surface area contributed by atoms with Crippen LogP contribution in [0.4, 0.5) is 0 Å². The van der Waals surface area contributed by atoms with Gasteiger partial charge in [-0.1, -0.05) is 20.4 Å². The Bertz CT molecular complexity index is 377. The lowest BCUT2D eigenvalue weighted by Gasteiger charge is -2.04. The predicted octanol–water partition coefficient (Wildman–Crippen LogP) is 1.93. The molecule has 0 fully saturated rings. The Hall–Kier alpha value is -1.38. The van der Waals surface area contributed by atoms with E-state index in [1.165, 1.54) is 0 Å². The Kier molecular flexibility index (Phi) is 2.66. The van der Waals surface area contributed by atoms with Gasteiger partial charge >= 0.3 is 0 Å². The summed E-state index contributed by atoms with van der Waals surface area (Å²) in [4.78, 5) is 18.2. The summed E-state index contributed by atoms with van der Waals surface area (Å²) in [6.07, 6.45) is 1.69.